The summed E-state index contributed by atoms with van der Waals surface area (Å²) in [7, 11) is 0. The van der Waals surface area contributed by atoms with Gasteiger partial charge in [-0.1, -0.05) is 48.5 Å². The zero-order chi connectivity index (χ0) is 18.0. The number of rotatable bonds is 5. The summed E-state index contributed by atoms with van der Waals surface area (Å²) in [5, 5.41) is 14.5. The van der Waals surface area contributed by atoms with Crippen LogP contribution in [0.5, 0.6) is 0 Å². The normalized spacial score (nSPS) is 12.0. The fourth-order valence-electron chi connectivity index (χ4n) is 2.89. The third kappa shape index (κ3) is 3.28. The van der Waals surface area contributed by atoms with Gasteiger partial charge in [0, 0.05) is 0 Å². The largest absolute Gasteiger partial charge is 0.481 e. The zero-order valence-electron chi connectivity index (χ0n) is 13.2. The van der Waals surface area contributed by atoms with Gasteiger partial charge in [0.2, 0.25) is 5.91 Å². The molecule has 0 saturated heterocycles. The number of hydrogen-bond acceptors (Lipinski definition) is 3. The van der Waals surface area contributed by atoms with Gasteiger partial charge in [-0.15, -0.1) is 0 Å². The summed E-state index contributed by atoms with van der Waals surface area (Å²) in [6, 6.07) is 15.5. The van der Waals surface area contributed by atoms with Crippen molar-refractivity contribution in [3.8, 4) is 0 Å². The highest BCUT2D eigenvalue weighted by Crippen LogP contribution is 2.28. The first-order chi connectivity index (χ1) is 12.0. The maximum absolute atomic E-state index is 12.9. The van der Waals surface area contributed by atoms with Crippen molar-refractivity contribution in [2.75, 3.05) is 0 Å². The maximum atomic E-state index is 12.9. The van der Waals surface area contributed by atoms with Gasteiger partial charge < -0.3 is 16.2 Å². The van der Waals surface area contributed by atoms with Crippen LogP contribution in [0, 0.1) is 0 Å². The van der Waals surface area contributed by atoms with Crippen LogP contribution in [0.3, 0.4) is 0 Å². The van der Waals surface area contributed by atoms with Crippen LogP contribution in [-0.2, 0) is 9.59 Å². The molecule has 0 fully saturated rings. The van der Waals surface area contributed by atoms with Crippen molar-refractivity contribution in [3.63, 3.8) is 0 Å². The second kappa shape index (κ2) is 6.60. The van der Waals surface area contributed by atoms with E-state index in [1.165, 1.54) is 0 Å². The van der Waals surface area contributed by atoms with Crippen molar-refractivity contribution >= 4 is 39.3 Å². The van der Waals surface area contributed by atoms with Gasteiger partial charge in [0.1, 0.15) is 6.04 Å². The summed E-state index contributed by atoms with van der Waals surface area (Å²) in [4.78, 5) is 35.2. The van der Waals surface area contributed by atoms with Crippen molar-refractivity contribution in [1.82, 2.24) is 5.32 Å². The standard InChI is InChI=1S/C19H16N2O4/c20-18(24)15(10-16(22)23)21-19(25)17-13-7-3-1-5-11(13)9-12-6-2-4-8-14(12)17/h1-9,15H,10H2,(H2,20,24)(H,21,25)(H,22,23)/t15-/m0/s1. The Morgan fingerprint density at radius 1 is 0.960 bits per heavy atom. The molecule has 3 rings (SSSR count). The summed E-state index contributed by atoms with van der Waals surface area (Å²) in [5.74, 6) is -2.63. The summed E-state index contributed by atoms with van der Waals surface area (Å²) >= 11 is 0. The van der Waals surface area contributed by atoms with Crippen LogP contribution in [0.2, 0.25) is 0 Å². The Balaban J connectivity index is 2.13. The highest BCUT2D eigenvalue weighted by atomic mass is 16.4. The minimum Gasteiger partial charge on any atom is -0.481 e. The third-order valence-corrected chi connectivity index (χ3v) is 4.03. The van der Waals surface area contributed by atoms with Gasteiger partial charge in [0.15, 0.2) is 0 Å². The number of nitrogens with one attached hydrogen (secondary N) is 1. The van der Waals surface area contributed by atoms with Crippen LogP contribution in [0.4, 0.5) is 0 Å². The van der Waals surface area contributed by atoms with E-state index in [-0.39, 0.29) is 0 Å². The van der Waals surface area contributed by atoms with E-state index < -0.39 is 30.2 Å². The monoisotopic (exact) mass is 336 g/mol. The molecule has 3 aromatic carbocycles. The molecule has 6 nitrogen and oxygen atoms in total. The Hall–Kier alpha value is -3.41. The highest BCUT2D eigenvalue weighted by Gasteiger charge is 2.24. The summed E-state index contributed by atoms with van der Waals surface area (Å²) in [6.07, 6.45) is -0.566. The average Bonchev–Trinajstić information content (AvgIpc) is 2.58. The van der Waals surface area contributed by atoms with Crippen LogP contribution >= 0.6 is 0 Å². The second-order valence-electron chi connectivity index (χ2n) is 5.72. The number of hydrogen-bond donors (Lipinski definition) is 3. The lowest BCUT2D eigenvalue weighted by atomic mass is 9.96. The lowest BCUT2D eigenvalue weighted by Crippen LogP contribution is -2.45. The molecule has 1 atom stereocenters. The van der Waals surface area contributed by atoms with Gasteiger partial charge in [-0.3, -0.25) is 14.4 Å². The van der Waals surface area contributed by atoms with E-state index in [1.807, 2.05) is 54.6 Å². The van der Waals surface area contributed by atoms with Crippen LogP contribution in [-0.4, -0.2) is 28.9 Å². The first-order valence-electron chi connectivity index (χ1n) is 7.70. The van der Waals surface area contributed by atoms with E-state index in [1.54, 1.807) is 0 Å². The van der Waals surface area contributed by atoms with Gasteiger partial charge in [-0.25, -0.2) is 0 Å². The first kappa shape index (κ1) is 16.4. The molecule has 126 valence electrons. The van der Waals surface area contributed by atoms with E-state index >= 15 is 0 Å². The molecule has 0 heterocycles. The van der Waals surface area contributed by atoms with Gasteiger partial charge in [-0.2, -0.15) is 0 Å². The number of carbonyl (C=O) groups excluding carboxylic acids is 2. The Morgan fingerprint density at radius 3 is 1.96 bits per heavy atom. The number of benzene rings is 3. The number of carboxylic acids is 1. The quantitative estimate of drug-likeness (QED) is 0.619. The fraction of sp³-hybridized carbons (Fsp3) is 0.105. The van der Waals surface area contributed by atoms with Crippen LogP contribution in [0.15, 0.2) is 54.6 Å². The zero-order valence-corrected chi connectivity index (χ0v) is 13.2. The Kier molecular flexibility index (Phi) is 4.35. The molecule has 6 heteroatoms. The summed E-state index contributed by atoms with van der Waals surface area (Å²) in [6.45, 7) is 0. The third-order valence-electron chi connectivity index (χ3n) is 4.03. The Labute approximate surface area is 143 Å². The van der Waals surface area contributed by atoms with Gasteiger partial charge in [0.05, 0.1) is 12.0 Å². The molecule has 0 radical (unpaired) electrons. The topological polar surface area (TPSA) is 109 Å². The average molecular weight is 336 g/mol. The number of carbonyl (C=O) groups is 3. The summed E-state index contributed by atoms with van der Waals surface area (Å²) in [5.41, 5.74) is 5.61. The number of nitrogens with two attached hydrogens (primary N) is 1. The van der Waals surface area contributed by atoms with Gasteiger partial charge in [0.25, 0.3) is 5.91 Å². The van der Waals surface area contributed by atoms with E-state index in [2.05, 4.69) is 5.32 Å². The minimum absolute atomic E-state index is 0.394. The summed E-state index contributed by atoms with van der Waals surface area (Å²) < 4.78 is 0. The van der Waals surface area contributed by atoms with E-state index in [0.29, 0.717) is 5.56 Å². The molecule has 4 N–H and O–H groups in total. The molecule has 0 saturated carbocycles. The second-order valence-corrected chi connectivity index (χ2v) is 5.72. The Bertz CT molecular complexity index is 943. The maximum Gasteiger partial charge on any atom is 0.305 e. The first-order valence-corrected chi connectivity index (χ1v) is 7.70. The number of carboxylic acid groups (broad SMARTS) is 1. The lowest BCUT2D eigenvalue weighted by Gasteiger charge is -2.16. The predicted octanol–water partition coefficient (Wildman–Crippen LogP) is 2.05. The molecule has 0 spiro atoms. The number of fused-ring (bicyclic) bond motifs is 2. The van der Waals surface area contributed by atoms with E-state index in [4.69, 9.17) is 10.8 Å². The molecule has 25 heavy (non-hydrogen) atoms. The number of aliphatic carboxylic acids is 1. The molecular weight excluding hydrogens is 320 g/mol. The predicted molar refractivity (Wildman–Crippen MR) is 94.2 cm³/mol. The Morgan fingerprint density at radius 2 is 1.48 bits per heavy atom. The van der Waals surface area contributed by atoms with Gasteiger partial charge in [-0.05, 0) is 27.6 Å². The highest BCUT2D eigenvalue weighted by molar-refractivity contribution is 6.18. The molecule has 0 unspecified atom stereocenters. The van der Waals surface area contributed by atoms with E-state index in [9.17, 15) is 14.4 Å². The van der Waals surface area contributed by atoms with Crippen molar-refractivity contribution in [3.05, 3.63) is 60.2 Å². The number of primary amides is 1. The molecule has 0 aliphatic carbocycles. The van der Waals surface area contributed by atoms with Gasteiger partial charge >= 0.3 is 5.97 Å². The van der Waals surface area contributed by atoms with Crippen molar-refractivity contribution in [1.29, 1.82) is 0 Å². The molecular formula is C19H16N2O4. The van der Waals surface area contributed by atoms with Crippen molar-refractivity contribution in [2.45, 2.75) is 12.5 Å². The van der Waals surface area contributed by atoms with Crippen LogP contribution in [0.1, 0.15) is 16.8 Å². The van der Waals surface area contributed by atoms with Crippen LogP contribution in [0.25, 0.3) is 21.5 Å². The molecule has 0 bridgehead atoms. The molecule has 2 amide bonds. The lowest BCUT2D eigenvalue weighted by molar-refractivity contribution is -0.139. The van der Waals surface area contributed by atoms with E-state index in [0.717, 1.165) is 21.5 Å². The number of amides is 2. The molecule has 0 aliphatic heterocycles. The molecule has 3 aromatic rings. The molecule has 0 aromatic heterocycles. The van der Waals surface area contributed by atoms with Crippen molar-refractivity contribution < 1.29 is 19.5 Å². The minimum atomic E-state index is -1.28. The smallest absolute Gasteiger partial charge is 0.305 e. The molecule has 0 aliphatic rings. The fourth-order valence-corrected chi connectivity index (χ4v) is 2.89. The van der Waals surface area contributed by atoms with Crippen molar-refractivity contribution in [2.24, 2.45) is 5.73 Å². The SMILES string of the molecule is NC(=O)[C@H](CC(=O)O)NC(=O)c1c2ccccc2cc2ccccc12. The van der Waals surface area contributed by atoms with Crippen LogP contribution < -0.4 is 11.1 Å².